The van der Waals surface area contributed by atoms with Gasteiger partial charge in [-0.25, -0.2) is 9.97 Å². The summed E-state index contributed by atoms with van der Waals surface area (Å²) in [5, 5.41) is 9.10. The lowest BCUT2D eigenvalue weighted by Crippen LogP contribution is -2.34. The molecule has 0 saturated heterocycles. The molecule has 0 saturated carbocycles. The fourth-order valence-corrected chi connectivity index (χ4v) is 6.01. The van der Waals surface area contributed by atoms with E-state index in [4.69, 9.17) is 16.6 Å². The SMILES string of the molecule is C[C@@H]1CNc2c(sc3ccc4nc(-c5cc(Cl)nc(C6=CCN(C)CC6)c5)ccc4c23)C(=O)N1. The summed E-state index contributed by atoms with van der Waals surface area (Å²) in [6, 6.07) is 12.2. The van der Waals surface area contributed by atoms with E-state index in [1.165, 1.54) is 16.9 Å². The highest BCUT2D eigenvalue weighted by Gasteiger charge is 2.25. The van der Waals surface area contributed by atoms with E-state index in [0.29, 0.717) is 11.7 Å². The van der Waals surface area contributed by atoms with Gasteiger partial charge in [0.25, 0.3) is 5.91 Å². The summed E-state index contributed by atoms with van der Waals surface area (Å²) >= 11 is 7.95. The first kappa shape index (κ1) is 21.5. The number of benzene rings is 1. The number of hydrogen-bond acceptors (Lipinski definition) is 6. The van der Waals surface area contributed by atoms with Gasteiger partial charge in [0.2, 0.25) is 0 Å². The van der Waals surface area contributed by atoms with Crippen molar-refractivity contribution in [3.8, 4) is 11.3 Å². The lowest BCUT2D eigenvalue weighted by atomic mass is 10.0. The van der Waals surface area contributed by atoms with E-state index in [2.05, 4.69) is 51.8 Å². The Bertz CT molecular complexity index is 1490. The molecule has 2 aliphatic rings. The second-order valence-corrected chi connectivity index (χ2v) is 10.5. The van der Waals surface area contributed by atoms with Crippen molar-refractivity contribution in [1.29, 1.82) is 0 Å². The average molecular weight is 490 g/mol. The molecule has 5 heterocycles. The highest BCUT2D eigenvalue weighted by atomic mass is 35.5. The normalized spacial score (nSPS) is 18.9. The van der Waals surface area contributed by atoms with Crippen LogP contribution in [0.5, 0.6) is 0 Å². The zero-order valence-electron chi connectivity index (χ0n) is 19.0. The first-order valence-electron chi connectivity index (χ1n) is 11.4. The number of anilines is 1. The second-order valence-electron chi connectivity index (χ2n) is 9.07. The van der Waals surface area contributed by atoms with E-state index in [1.54, 1.807) is 0 Å². The largest absolute Gasteiger partial charge is 0.381 e. The molecule has 0 aliphatic carbocycles. The minimum absolute atomic E-state index is 0.0198. The Labute approximate surface area is 206 Å². The lowest BCUT2D eigenvalue weighted by Gasteiger charge is -2.21. The summed E-state index contributed by atoms with van der Waals surface area (Å²) in [6.45, 7) is 4.62. The maximum atomic E-state index is 12.7. The molecule has 1 atom stereocenters. The van der Waals surface area contributed by atoms with Gasteiger partial charge in [0, 0.05) is 46.7 Å². The van der Waals surface area contributed by atoms with E-state index >= 15 is 0 Å². The number of thiophene rings is 1. The fourth-order valence-electron chi connectivity index (χ4n) is 4.70. The third-order valence-corrected chi connectivity index (χ3v) is 7.87. The minimum Gasteiger partial charge on any atom is -0.381 e. The predicted molar refractivity (Wildman–Crippen MR) is 141 cm³/mol. The monoisotopic (exact) mass is 489 g/mol. The maximum Gasteiger partial charge on any atom is 0.263 e. The van der Waals surface area contributed by atoms with Crippen LogP contribution >= 0.6 is 22.9 Å². The highest BCUT2D eigenvalue weighted by molar-refractivity contribution is 7.21. The number of rotatable bonds is 2. The smallest absolute Gasteiger partial charge is 0.263 e. The Balaban J connectivity index is 1.45. The van der Waals surface area contributed by atoms with Crippen molar-refractivity contribution in [3.05, 3.63) is 58.2 Å². The molecule has 0 fully saturated rings. The number of likely N-dealkylation sites (N-methyl/N-ethyl adjacent to an activating group) is 1. The van der Waals surface area contributed by atoms with Crippen molar-refractivity contribution in [1.82, 2.24) is 20.2 Å². The molecule has 34 heavy (non-hydrogen) atoms. The molecule has 0 bridgehead atoms. The van der Waals surface area contributed by atoms with Crippen LogP contribution in [0.25, 0.3) is 37.8 Å². The van der Waals surface area contributed by atoms with Crippen LogP contribution in [-0.2, 0) is 0 Å². The third kappa shape index (κ3) is 3.74. The number of hydrogen-bond donors (Lipinski definition) is 2. The molecular weight excluding hydrogens is 466 g/mol. The first-order valence-corrected chi connectivity index (χ1v) is 12.6. The molecule has 2 N–H and O–H groups in total. The highest BCUT2D eigenvalue weighted by Crippen LogP contribution is 2.41. The van der Waals surface area contributed by atoms with E-state index in [0.717, 1.165) is 68.0 Å². The van der Waals surface area contributed by atoms with Gasteiger partial charge < -0.3 is 15.5 Å². The summed E-state index contributed by atoms with van der Waals surface area (Å²) in [5.74, 6) is -0.0198. The van der Waals surface area contributed by atoms with Gasteiger partial charge in [-0.1, -0.05) is 17.7 Å². The maximum absolute atomic E-state index is 12.7. The van der Waals surface area contributed by atoms with Gasteiger partial charge in [0.05, 0.1) is 22.6 Å². The number of pyridine rings is 2. The quantitative estimate of drug-likeness (QED) is 0.367. The number of fused-ring (bicyclic) bond motifs is 5. The molecule has 6 rings (SSSR count). The number of nitrogens with one attached hydrogen (secondary N) is 2. The topological polar surface area (TPSA) is 70.2 Å². The molecule has 1 amide bonds. The molecule has 6 nitrogen and oxygen atoms in total. The van der Waals surface area contributed by atoms with Gasteiger partial charge in [0.15, 0.2) is 0 Å². The molecule has 0 spiro atoms. The van der Waals surface area contributed by atoms with Gasteiger partial charge in [0.1, 0.15) is 10.0 Å². The average Bonchev–Trinajstić information content (AvgIpc) is 3.15. The van der Waals surface area contributed by atoms with Crippen LogP contribution in [0.2, 0.25) is 5.15 Å². The zero-order valence-corrected chi connectivity index (χ0v) is 20.6. The van der Waals surface area contributed by atoms with Crippen LogP contribution in [-0.4, -0.2) is 53.5 Å². The van der Waals surface area contributed by atoms with Crippen LogP contribution in [0.1, 0.15) is 28.7 Å². The Kier molecular flexibility index (Phi) is 5.28. The van der Waals surface area contributed by atoms with Crippen molar-refractivity contribution < 1.29 is 4.79 Å². The molecule has 0 unspecified atom stereocenters. The minimum atomic E-state index is -0.0198. The fraction of sp³-hybridized carbons (Fsp3) is 0.269. The summed E-state index contributed by atoms with van der Waals surface area (Å²) in [6.07, 6.45) is 3.18. The van der Waals surface area contributed by atoms with Gasteiger partial charge >= 0.3 is 0 Å². The van der Waals surface area contributed by atoms with Crippen LogP contribution in [0.4, 0.5) is 5.69 Å². The Hall–Kier alpha value is -3.00. The molecular formula is C26H24ClN5OS. The second kappa shape index (κ2) is 8.34. The molecule has 0 radical (unpaired) electrons. The Morgan fingerprint density at radius 3 is 2.85 bits per heavy atom. The van der Waals surface area contributed by atoms with Gasteiger partial charge in [-0.05, 0) is 62.4 Å². The van der Waals surface area contributed by atoms with E-state index < -0.39 is 0 Å². The van der Waals surface area contributed by atoms with Crippen molar-refractivity contribution in [3.63, 3.8) is 0 Å². The predicted octanol–water partition coefficient (Wildman–Crippen LogP) is 5.43. The van der Waals surface area contributed by atoms with E-state index in [9.17, 15) is 4.79 Å². The standard InChI is InChI=1S/C26H24ClN5OS/c1-14-13-28-24-23-17-3-4-18(30-19(17)5-6-21(23)34-25(24)26(33)29-14)16-11-20(31-22(27)12-16)15-7-9-32(2)10-8-15/h3-7,11-12,14,28H,8-10,13H2,1-2H3,(H,29,33)/t14-/m1/s1. The lowest BCUT2D eigenvalue weighted by molar-refractivity contribution is 0.0949. The molecule has 2 aliphatic heterocycles. The van der Waals surface area contributed by atoms with Crippen molar-refractivity contribution in [2.75, 3.05) is 32.0 Å². The van der Waals surface area contributed by atoms with Gasteiger partial charge in [-0.3, -0.25) is 4.79 Å². The summed E-state index contributed by atoms with van der Waals surface area (Å²) in [7, 11) is 2.12. The number of nitrogens with zero attached hydrogens (tertiary/aromatic N) is 3. The van der Waals surface area contributed by atoms with E-state index in [-0.39, 0.29) is 11.9 Å². The summed E-state index contributed by atoms with van der Waals surface area (Å²) < 4.78 is 1.08. The van der Waals surface area contributed by atoms with Crippen LogP contribution in [0.15, 0.2) is 42.5 Å². The van der Waals surface area contributed by atoms with Crippen molar-refractivity contribution in [2.24, 2.45) is 0 Å². The summed E-state index contributed by atoms with van der Waals surface area (Å²) in [4.78, 5) is 25.3. The zero-order chi connectivity index (χ0) is 23.4. The summed E-state index contributed by atoms with van der Waals surface area (Å²) in [5.41, 5.74) is 5.74. The third-order valence-electron chi connectivity index (χ3n) is 6.52. The Morgan fingerprint density at radius 2 is 2.03 bits per heavy atom. The molecule has 4 aromatic rings. The molecule has 1 aromatic carbocycles. The van der Waals surface area contributed by atoms with Crippen LogP contribution < -0.4 is 10.6 Å². The number of carbonyl (C=O) groups is 1. The molecule has 3 aromatic heterocycles. The van der Waals surface area contributed by atoms with Crippen LogP contribution in [0, 0.1) is 0 Å². The number of aromatic nitrogens is 2. The molecule has 8 heteroatoms. The Morgan fingerprint density at radius 1 is 1.15 bits per heavy atom. The number of carbonyl (C=O) groups excluding carboxylic acids is 1. The molecule has 172 valence electrons. The van der Waals surface area contributed by atoms with E-state index in [1.807, 2.05) is 25.1 Å². The van der Waals surface area contributed by atoms with Crippen molar-refractivity contribution >= 4 is 61.1 Å². The first-order chi connectivity index (χ1) is 16.5. The van der Waals surface area contributed by atoms with Crippen LogP contribution in [0.3, 0.4) is 0 Å². The van der Waals surface area contributed by atoms with Crippen molar-refractivity contribution in [2.45, 2.75) is 19.4 Å². The number of amides is 1. The number of halogens is 1. The van der Waals surface area contributed by atoms with Gasteiger partial charge in [-0.15, -0.1) is 11.3 Å². The van der Waals surface area contributed by atoms with Gasteiger partial charge in [-0.2, -0.15) is 0 Å².